The van der Waals surface area contributed by atoms with E-state index < -0.39 is 5.91 Å². The zero-order chi connectivity index (χ0) is 28.2. The number of ether oxygens (including phenoxy) is 2. The number of morpholine rings is 1. The topological polar surface area (TPSA) is 145 Å². The van der Waals surface area contributed by atoms with Crippen molar-refractivity contribution in [2.45, 2.75) is 0 Å². The van der Waals surface area contributed by atoms with Gasteiger partial charge in [0.05, 0.1) is 59.7 Å². The molecule has 1 fully saturated rings. The van der Waals surface area contributed by atoms with Crippen LogP contribution in [0.1, 0.15) is 10.4 Å². The number of pyridine rings is 1. The number of carbonyl (C=O) groups excluding carboxylic acids is 1. The molecular formula is C26H25Cl2N9O3. The Morgan fingerprint density at radius 2 is 1.85 bits per heavy atom. The fraction of sp³-hybridized carbons (Fsp3) is 0.231. The van der Waals surface area contributed by atoms with Crippen molar-refractivity contribution in [3.05, 3.63) is 64.9 Å². The van der Waals surface area contributed by atoms with Crippen molar-refractivity contribution in [3.8, 4) is 17.0 Å². The van der Waals surface area contributed by atoms with E-state index in [2.05, 4.69) is 35.1 Å². The van der Waals surface area contributed by atoms with E-state index >= 15 is 0 Å². The van der Waals surface area contributed by atoms with Gasteiger partial charge in [-0.15, -0.1) is 0 Å². The summed E-state index contributed by atoms with van der Waals surface area (Å²) in [5, 5.41) is 3.27. The number of nitrogens with one attached hydrogen (secondary N) is 1. The van der Waals surface area contributed by atoms with Gasteiger partial charge in [-0.25, -0.2) is 24.9 Å². The molecule has 1 aliphatic heterocycles. The smallest absolute Gasteiger partial charge is 0.250 e. The molecule has 0 aliphatic carbocycles. The fourth-order valence-electron chi connectivity index (χ4n) is 4.17. The van der Waals surface area contributed by atoms with Crippen molar-refractivity contribution in [3.63, 3.8) is 0 Å². The Labute approximate surface area is 240 Å². The molecule has 0 atom stereocenters. The van der Waals surface area contributed by atoms with Gasteiger partial charge in [0.2, 0.25) is 5.91 Å². The largest absolute Gasteiger partial charge is 0.495 e. The minimum Gasteiger partial charge on any atom is -0.495 e. The quantitative estimate of drug-likeness (QED) is 0.310. The van der Waals surface area contributed by atoms with Crippen LogP contribution in [0.4, 0.5) is 28.8 Å². The Kier molecular flexibility index (Phi) is 8.10. The van der Waals surface area contributed by atoms with E-state index in [1.54, 1.807) is 12.3 Å². The maximum Gasteiger partial charge on any atom is 0.250 e. The van der Waals surface area contributed by atoms with Crippen LogP contribution in [0.25, 0.3) is 11.3 Å². The molecule has 1 saturated heterocycles. The Hall–Kier alpha value is -4.26. The van der Waals surface area contributed by atoms with Gasteiger partial charge < -0.3 is 30.3 Å². The molecule has 1 aromatic carbocycles. The first-order valence-electron chi connectivity index (χ1n) is 12.1. The minimum atomic E-state index is -0.735. The lowest BCUT2D eigenvalue weighted by atomic mass is 10.1. The van der Waals surface area contributed by atoms with Crippen LogP contribution in [0.3, 0.4) is 0 Å². The van der Waals surface area contributed by atoms with Gasteiger partial charge in [0.25, 0.3) is 0 Å². The molecule has 12 nitrogen and oxygen atoms in total. The summed E-state index contributed by atoms with van der Waals surface area (Å²) in [6.07, 6.45) is 6.23. The number of halogens is 2. The maximum absolute atomic E-state index is 12.0. The first-order chi connectivity index (χ1) is 19.4. The summed E-state index contributed by atoms with van der Waals surface area (Å²) in [5.74, 6) is 1.12. The number of carbonyl (C=O) groups is 1. The van der Waals surface area contributed by atoms with Crippen LogP contribution in [0.2, 0.25) is 10.0 Å². The molecule has 0 bridgehead atoms. The lowest BCUT2D eigenvalue weighted by molar-refractivity contribution is 0.1000. The van der Waals surface area contributed by atoms with Crippen molar-refractivity contribution >= 4 is 57.9 Å². The van der Waals surface area contributed by atoms with Crippen LogP contribution < -0.4 is 25.6 Å². The van der Waals surface area contributed by atoms with Crippen molar-refractivity contribution < 1.29 is 14.3 Å². The molecule has 0 radical (unpaired) electrons. The molecule has 0 saturated carbocycles. The number of nitrogens with zero attached hydrogens (tertiary/aromatic N) is 7. The zero-order valence-corrected chi connectivity index (χ0v) is 23.1. The van der Waals surface area contributed by atoms with Crippen LogP contribution in [0, 0.1) is 0 Å². The van der Waals surface area contributed by atoms with E-state index in [1.807, 2.05) is 30.3 Å². The van der Waals surface area contributed by atoms with E-state index in [4.69, 9.17) is 38.4 Å². The highest BCUT2D eigenvalue weighted by atomic mass is 35.5. The number of aromatic nitrogens is 5. The molecule has 206 valence electrons. The number of amides is 1. The Morgan fingerprint density at radius 1 is 1.05 bits per heavy atom. The standard InChI is InChI=1S/C26H25Cl2N9O3/c1-36(20-4-3-15(11-31-20)37-5-7-40-8-6-37)21-10-18(32-14-33-21)17-12-30-13-34-26(17)35-24-22(27)16(25(29)38)9-19(39-2)23(24)28/h3-4,9-14H,5-8H2,1-2H3,(H2,29,38)(H,30,34,35). The van der Waals surface area contributed by atoms with Crippen LogP contribution in [0.15, 0.2) is 49.3 Å². The molecule has 0 unspecified atom stereocenters. The number of anilines is 5. The summed E-state index contributed by atoms with van der Waals surface area (Å²) >= 11 is 13.0. The predicted octanol–water partition coefficient (Wildman–Crippen LogP) is 4.09. The second kappa shape index (κ2) is 11.9. The molecule has 4 aromatic rings. The molecule has 3 N–H and O–H groups in total. The monoisotopic (exact) mass is 581 g/mol. The Balaban J connectivity index is 1.45. The van der Waals surface area contributed by atoms with Crippen molar-refractivity contribution in [1.29, 1.82) is 0 Å². The molecule has 0 spiro atoms. The number of nitrogens with two attached hydrogens (primary N) is 1. The normalized spacial score (nSPS) is 13.2. The third-order valence-electron chi connectivity index (χ3n) is 6.33. The number of hydrogen-bond acceptors (Lipinski definition) is 11. The maximum atomic E-state index is 12.0. The van der Waals surface area contributed by atoms with E-state index in [-0.39, 0.29) is 27.0 Å². The summed E-state index contributed by atoms with van der Waals surface area (Å²) in [7, 11) is 3.29. The highest BCUT2D eigenvalue weighted by Gasteiger charge is 2.22. The molecule has 1 aliphatic rings. The third kappa shape index (κ3) is 5.55. The fourth-order valence-corrected chi connectivity index (χ4v) is 4.78. The van der Waals surface area contributed by atoms with Gasteiger partial charge in [0.15, 0.2) is 0 Å². The van der Waals surface area contributed by atoms with E-state index in [0.717, 1.165) is 18.8 Å². The van der Waals surface area contributed by atoms with Crippen LogP contribution in [0.5, 0.6) is 5.75 Å². The second-order valence-electron chi connectivity index (χ2n) is 8.70. The highest BCUT2D eigenvalue weighted by molar-refractivity contribution is 6.42. The highest BCUT2D eigenvalue weighted by Crippen LogP contribution is 2.42. The van der Waals surface area contributed by atoms with Gasteiger partial charge in [0.1, 0.15) is 40.9 Å². The molecule has 40 heavy (non-hydrogen) atoms. The number of primary amides is 1. The average Bonchev–Trinajstić information content (AvgIpc) is 2.99. The summed E-state index contributed by atoms with van der Waals surface area (Å²) in [5.41, 5.74) is 7.84. The lowest BCUT2D eigenvalue weighted by Gasteiger charge is -2.29. The summed E-state index contributed by atoms with van der Waals surface area (Å²) in [4.78, 5) is 38.0. The van der Waals surface area contributed by atoms with E-state index in [9.17, 15) is 4.79 Å². The Bertz CT molecular complexity index is 1530. The molecule has 3 aromatic heterocycles. The summed E-state index contributed by atoms with van der Waals surface area (Å²) in [6.45, 7) is 3.07. The molecule has 1 amide bonds. The summed E-state index contributed by atoms with van der Waals surface area (Å²) < 4.78 is 10.7. The van der Waals surface area contributed by atoms with Crippen LogP contribution in [-0.2, 0) is 4.74 Å². The number of rotatable bonds is 8. The van der Waals surface area contributed by atoms with Gasteiger partial charge >= 0.3 is 0 Å². The Morgan fingerprint density at radius 3 is 2.55 bits per heavy atom. The van der Waals surface area contributed by atoms with Crippen LogP contribution >= 0.6 is 23.2 Å². The van der Waals surface area contributed by atoms with Gasteiger partial charge in [0, 0.05) is 32.4 Å². The average molecular weight is 582 g/mol. The number of benzene rings is 1. The number of methoxy groups -OCH3 is 1. The second-order valence-corrected chi connectivity index (χ2v) is 9.45. The van der Waals surface area contributed by atoms with Gasteiger partial charge in [-0.1, -0.05) is 23.2 Å². The molecule has 14 heteroatoms. The molecule has 5 rings (SSSR count). The van der Waals surface area contributed by atoms with Gasteiger partial charge in [-0.2, -0.15) is 0 Å². The van der Waals surface area contributed by atoms with Crippen LogP contribution in [-0.4, -0.2) is 71.3 Å². The van der Waals surface area contributed by atoms with Crippen molar-refractivity contribution in [2.24, 2.45) is 5.73 Å². The van der Waals surface area contributed by atoms with Crippen molar-refractivity contribution in [2.75, 3.05) is 55.6 Å². The van der Waals surface area contributed by atoms with E-state index in [1.165, 1.54) is 25.8 Å². The third-order valence-corrected chi connectivity index (χ3v) is 7.10. The SMILES string of the molecule is COc1cc(C(N)=O)c(Cl)c(Nc2ncncc2-c2cc(N(C)c3ccc(N4CCOCC4)cn3)ncn2)c1Cl. The van der Waals surface area contributed by atoms with E-state index in [0.29, 0.717) is 41.9 Å². The lowest BCUT2D eigenvalue weighted by Crippen LogP contribution is -2.36. The molecular weight excluding hydrogens is 557 g/mol. The van der Waals surface area contributed by atoms with Crippen molar-refractivity contribution in [1.82, 2.24) is 24.9 Å². The predicted molar refractivity (Wildman–Crippen MR) is 153 cm³/mol. The first-order valence-corrected chi connectivity index (χ1v) is 12.9. The van der Waals surface area contributed by atoms with Gasteiger partial charge in [-0.3, -0.25) is 4.79 Å². The minimum absolute atomic E-state index is 0.0255. The molecule has 4 heterocycles. The zero-order valence-electron chi connectivity index (χ0n) is 21.6. The van der Waals surface area contributed by atoms with Gasteiger partial charge in [-0.05, 0) is 18.2 Å². The summed E-state index contributed by atoms with van der Waals surface area (Å²) in [6, 6.07) is 7.13. The first kappa shape index (κ1) is 27.3. The number of hydrogen-bond donors (Lipinski definition) is 2.